The van der Waals surface area contributed by atoms with E-state index in [4.69, 9.17) is 0 Å². The largest absolute Gasteiger partial charge is 0.351 e. The molecule has 7 heteroatoms. The predicted octanol–water partition coefficient (Wildman–Crippen LogP) is 3.59. The van der Waals surface area contributed by atoms with E-state index in [1.165, 1.54) is 0 Å². The van der Waals surface area contributed by atoms with E-state index in [0.29, 0.717) is 37.3 Å². The molecule has 29 heavy (non-hydrogen) atoms. The number of nitrogens with one attached hydrogen (secondary N) is 4. The summed E-state index contributed by atoms with van der Waals surface area (Å²) in [6, 6.07) is 14.4. The van der Waals surface area contributed by atoms with Crippen LogP contribution in [0.5, 0.6) is 0 Å². The first-order chi connectivity index (χ1) is 14.0. The van der Waals surface area contributed by atoms with Crippen LogP contribution >= 0.6 is 0 Å². The SMILES string of the molecule is Cc1cccc(NC(=O)Nc2cccc(CNC(=O)C3(CF)CCNCC3)c2)c1. The van der Waals surface area contributed by atoms with Crippen LogP contribution in [-0.2, 0) is 11.3 Å². The highest BCUT2D eigenvalue weighted by Crippen LogP contribution is 2.29. The van der Waals surface area contributed by atoms with Gasteiger partial charge in [-0.2, -0.15) is 0 Å². The molecule has 1 saturated heterocycles. The molecule has 2 aromatic carbocycles. The molecule has 1 heterocycles. The number of hydrogen-bond donors (Lipinski definition) is 4. The summed E-state index contributed by atoms with van der Waals surface area (Å²) >= 11 is 0. The molecule has 4 N–H and O–H groups in total. The lowest BCUT2D eigenvalue weighted by molar-refractivity contribution is -0.133. The minimum Gasteiger partial charge on any atom is -0.351 e. The second-order valence-electron chi connectivity index (χ2n) is 7.50. The van der Waals surface area contributed by atoms with Crippen molar-refractivity contribution < 1.29 is 14.0 Å². The number of alkyl halides is 1. The second-order valence-corrected chi connectivity index (χ2v) is 7.50. The van der Waals surface area contributed by atoms with Crippen LogP contribution in [-0.4, -0.2) is 31.7 Å². The molecule has 6 nitrogen and oxygen atoms in total. The molecule has 0 atom stereocenters. The van der Waals surface area contributed by atoms with Gasteiger partial charge in [-0.1, -0.05) is 24.3 Å². The van der Waals surface area contributed by atoms with E-state index in [2.05, 4.69) is 21.3 Å². The highest BCUT2D eigenvalue weighted by atomic mass is 19.1. The van der Waals surface area contributed by atoms with Gasteiger partial charge in [-0.15, -0.1) is 0 Å². The van der Waals surface area contributed by atoms with E-state index < -0.39 is 12.1 Å². The van der Waals surface area contributed by atoms with Crippen molar-refractivity contribution in [1.82, 2.24) is 10.6 Å². The van der Waals surface area contributed by atoms with E-state index in [9.17, 15) is 14.0 Å². The van der Waals surface area contributed by atoms with Crippen molar-refractivity contribution in [3.63, 3.8) is 0 Å². The fourth-order valence-electron chi connectivity index (χ4n) is 3.47. The summed E-state index contributed by atoms with van der Waals surface area (Å²) < 4.78 is 13.6. The summed E-state index contributed by atoms with van der Waals surface area (Å²) in [6.45, 7) is 2.88. The zero-order chi connectivity index (χ0) is 20.7. The van der Waals surface area contributed by atoms with Crippen LogP contribution in [0.4, 0.5) is 20.6 Å². The molecular formula is C22H27FN4O2. The zero-order valence-corrected chi connectivity index (χ0v) is 16.6. The first kappa shape index (κ1) is 20.8. The molecule has 1 aliphatic rings. The molecule has 154 valence electrons. The summed E-state index contributed by atoms with van der Waals surface area (Å²) in [5, 5.41) is 11.6. The molecule has 0 spiro atoms. The van der Waals surface area contributed by atoms with Gasteiger partial charge < -0.3 is 21.3 Å². The predicted molar refractivity (Wildman–Crippen MR) is 113 cm³/mol. The maximum Gasteiger partial charge on any atom is 0.323 e. The Morgan fingerprint density at radius 3 is 2.34 bits per heavy atom. The molecule has 0 saturated carbocycles. The maximum atomic E-state index is 13.6. The van der Waals surface area contributed by atoms with Gasteiger partial charge in [-0.05, 0) is 68.2 Å². The molecule has 2 aromatic rings. The maximum absolute atomic E-state index is 13.6. The van der Waals surface area contributed by atoms with Gasteiger partial charge in [0.1, 0.15) is 6.67 Å². The fraction of sp³-hybridized carbons (Fsp3) is 0.364. The lowest BCUT2D eigenvalue weighted by Gasteiger charge is -2.33. The zero-order valence-electron chi connectivity index (χ0n) is 16.6. The van der Waals surface area contributed by atoms with Crippen LogP contribution in [0.15, 0.2) is 48.5 Å². The smallest absolute Gasteiger partial charge is 0.323 e. The lowest BCUT2D eigenvalue weighted by atomic mass is 9.79. The quantitative estimate of drug-likeness (QED) is 0.600. The number of hydrogen-bond acceptors (Lipinski definition) is 3. The first-order valence-corrected chi connectivity index (χ1v) is 9.79. The van der Waals surface area contributed by atoms with Crippen LogP contribution in [0.2, 0.25) is 0 Å². The Morgan fingerprint density at radius 2 is 1.69 bits per heavy atom. The minimum atomic E-state index is -0.936. The topological polar surface area (TPSA) is 82.3 Å². The van der Waals surface area contributed by atoms with Crippen LogP contribution < -0.4 is 21.3 Å². The molecule has 1 fully saturated rings. The monoisotopic (exact) mass is 398 g/mol. The number of urea groups is 1. The number of aryl methyl sites for hydroxylation is 1. The van der Waals surface area contributed by atoms with E-state index in [1.807, 2.05) is 37.3 Å². The number of rotatable bonds is 6. The van der Waals surface area contributed by atoms with Crippen LogP contribution in [0.1, 0.15) is 24.0 Å². The molecule has 3 rings (SSSR count). The van der Waals surface area contributed by atoms with Crippen molar-refractivity contribution in [1.29, 1.82) is 0 Å². The third kappa shape index (κ3) is 5.54. The normalized spacial score (nSPS) is 15.4. The van der Waals surface area contributed by atoms with E-state index in [-0.39, 0.29) is 18.5 Å². The molecule has 3 amide bonds. The Morgan fingerprint density at radius 1 is 1.03 bits per heavy atom. The standard InChI is InChI=1S/C22H27FN4O2/c1-16-4-2-6-18(12-16)26-21(29)27-19-7-3-5-17(13-19)14-25-20(28)22(15-23)8-10-24-11-9-22/h2-7,12-13,24H,8-11,14-15H2,1H3,(H,25,28)(H2,26,27,29). The molecule has 1 aliphatic heterocycles. The van der Waals surface area contributed by atoms with Gasteiger partial charge in [0.25, 0.3) is 0 Å². The number of carbonyl (C=O) groups is 2. The summed E-state index contributed by atoms with van der Waals surface area (Å²) in [4.78, 5) is 24.8. The van der Waals surface area contributed by atoms with Gasteiger partial charge in [-0.25, -0.2) is 9.18 Å². The Hall–Kier alpha value is -2.93. The van der Waals surface area contributed by atoms with E-state index >= 15 is 0 Å². The number of piperidine rings is 1. The van der Waals surface area contributed by atoms with Crippen molar-refractivity contribution in [3.05, 3.63) is 59.7 Å². The van der Waals surface area contributed by atoms with Gasteiger partial charge in [0.2, 0.25) is 5.91 Å². The van der Waals surface area contributed by atoms with E-state index in [0.717, 1.165) is 11.1 Å². The average Bonchev–Trinajstić information content (AvgIpc) is 2.72. The summed E-state index contributed by atoms with van der Waals surface area (Å²) in [6.07, 6.45) is 0.992. The molecule has 0 unspecified atom stereocenters. The number of benzene rings is 2. The minimum absolute atomic E-state index is 0.253. The fourth-order valence-corrected chi connectivity index (χ4v) is 3.47. The Kier molecular flexibility index (Phi) is 6.82. The molecule has 0 aromatic heterocycles. The van der Waals surface area contributed by atoms with Gasteiger partial charge in [0.15, 0.2) is 0 Å². The van der Waals surface area contributed by atoms with Crippen molar-refractivity contribution in [2.45, 2.75) is 26.3 Å². The Labute approximate surface area is 170 Å². The number of amides is 3. The number of anilines is 2. The third-order valence-corrected chi connectivity index (χ3v) is 5.21. The van der Waals surface area contributed by atoms with Crippen molar-refractivity contribution >= 4 is 23.3 Å². The lowest BCUT2D eigenvalue weighted by Crippen LogP contribution is -2.48. The highest BCUT2D eigenvalue weighted by molar-refractivity contribution is 5.99. The molecule has 0 aliphatic carbocycles. The Bertz CT molecular complexity index is 865. The van der Waals surface area contributed by atoms with Gasteiger partial charge >= 0.3 is 6.03 Å². The number of carbonyl (C=O) groups excluding carboxylic acids is 2. The van der Waals surface area contributed by atoms with Crippen molar-refractivity contribution in [2.75, 3.05) is 30.4 Å². The number of halogens is 1. The van der Waals surface area contributed by atoms with Crippen molar-refractivity contribution in [2.24, 2.45) is 5.41 Å². The summed E-state index contributed by atoms with van der Waals surface area (Å²) in [5.74, 6) is -0.253. The molecular weight excluding hydrogens is 371 g/mol. The highest BCUT2D eigenvalue weighted by Gasteiger charge is 2.39. The van der Waals surface area contributed by atoms with E-state index in [1.54, 1.807) is 18.2 Å². The first-order valence-electron chi connectivity index (χ1n) is 9.79. The van der Waals surface area contributed by atoms with Gasteiger partial charge in [0, 0.05) is 17.9 Å². The average molecular weight is 398 g/mol. The van der Waals surface area contributed by atoms with Crippen LogP contribution in [0, 0.1) is 12.3 Å². The molecule has 0 bridgehead atoms. The van der Waals surface area contributed by atoms with Gasteiger partial charge in [0.05, 0.1) is 5.41 Å². The second kappa shape index (κ2) is 9.52. The molecule has 0 radical (unpaired) electrons. The van der Waals surface area contributed by atoms with Crippen LogP contribution in [0.3, 0.4) is 0 Å². The van der Waals surface area contributed by atoms with Crippen molar-refractivity contribution in [3.8, 4) is 0 Å². The van der Waals surface area contributed by atoms with Crippen LogP contribution in [0.25, 0.3) is 0 Å². The van der Waals surface area contributed by atoms with Gasteiger partial charge in [-0.3, -0.25) is 4.79 Å². The summed E-state index contributed by atoms with van der Waals surface area (Å²) in [5.41, 5.74) is 2.28. The summed E-state index contributed by atoms with van der Waals surface area (Å²) in [7, 11) is 0. The Balaban J connectivity index is 1.56. The third-order valence-electron chi connectivity index (χ3n) is 5.21.